The van der Waals surface area contributed by atoms with Crippen LogP contribution in [0, 0.1) is 16.0 Å². The second kappa shape index (κ2) is 10.2. The molecule has 2 aromatic carbocycles. The molecule has 0 atom stereocenters. The summed E-state index contributed by atoms with van der Waals surface area (Å²) in [5.41, 5.74) is 1.74. The van der Waals surface area contributed by atoms with Gasteiger partial charge in [0.15, 0.2) is 5.11 Å². The lowest BCUT2D eigenvalue weighted by Crippen LogP contribution is -2.35. The van der Waals surface area contributed by atoms with Gasteiger partial charge in [0.2, 0.25) is 0 Å². The van der Waals surface area contributed by atoms with Gasteiger partial charge in [0.05, 0.1) is 11.3 Å². The van der Waals surface area contributed by atoms with Crippen molar-refractivity contribution in [3.05, 3.63) is 63.7 Å². The first-order valence-electron chi connectivity index (χ1n) is 10.2. The van der Waals surface area contributed by atoms with Gasteiger partial charge in [0, 0.05) is 30.4 Å². The first-order chi connectivity index (χ1) is 15.2. The zero-order valence-corrected chi connectivity index (χ0v) is 18.4. The molecule has 1 fully saturated rings. The van der Waals surface area contributed by atoms with E-state index in [1.807, 2.05) is 4.90 Å². The maximum absolute atomic E-state index is 12.6. The second-order valence-electron chi connectivity index (χ2n) is 7.81. The van der Waals surface area contributed by atoms with E-state index in [1.54, 1.807) is 36.4 Å². The normalized spacial score (nSPS) is 14.0. The summed E-state index contributed by atoms with van der Waals surface area (Å²) >= 11 is 5.16. The molecule has 1 heterocycles. The quantitative estimate of drug-likeness (QED) is 0.342. The van der Waals surface area contributed by atoms with Crippen molar-refractivity contribution >= 4 is 46.3 Å². The Balaban J connectivity index is 1.66. The fourth-order valence-corrected chi connectivity index (χ4v) is 3.76. The van der Waals surface area contributed by atoms with Crippen LogP contribution >= 0.6 is 12.2 Å². The van der Waals surface area contributed by atoms with Crippen molar-refractivity contribution in [2.75, 3.05) is 23.3 Å². The molecule has 10 heteroatoms. The number of hydrogen-bond donors (Lipinski definition) is 3. The van der Waals surface area contributed by atoms with Gasteiger partial charge < -0.3 is 15.3 Å². The zero-order chi connectivity index (χ0) is 23.3. The smallest absolute Gasteiger partial charge is 0.307 e. The van der Waals surface area contributed by atoms with Gasteiger partial charge in [-0.1, -0.05) is 19.1 Å². The van der Waals surface area contributed by atoms with E-state index in [9.17, 15) is 19.7 Å². The fraction of sp³-hybridized carbons (Fsp3) is 0.318. The first-order valence-corrected chi connectivity index (χ1v) is 10.6. The molecular weight excluding hydrogens is 432 g/mol. The summed E-state index contributed by atoms with van der Waals surface area (Å²) in [4.78, 5) is 36.5. The number of rotatable bonds is 6. The number of piperidine rings is 1. The average molecular weight is 457 g/mol. The van der Waals surface area contributed by atoms with Crippen LogP contribution in [0.25, 0.3) is 0 Å². The Morgan fingerprint density at radius 2 is 1.84 bits per heavy atom. The Morgan fingerprint density at radius 1 is 1.19 bits per heavy atom. The van der Waals surface area contributed by atoms with Crippen LogP contribution in [-0.2, 0) is 11.2 Å². The van der Waals surface area contributed by atoms with Crippen LogP contribution in [0.1, 0.15) is 35.7 Å². The molecule has 168 valence electrons. The van der Waals surface area contributed by atoms with E-state index in [0.29, 0.717) is 22.9 Å². The Labute approximate surface area is 190 Å². The molecule has 0 aromatic heterocycles. The van der Waals surface area contributed by atoms with Crippen LogP contribution in [0.4, 0.5) is 17.1 Å². The van der Waals surface area contributed by atoms with Crippen LogP contribution in [0.3, 0.4) is 0 Å². The van der Waals surface area contributed by atoms with E-state index < -0.39 is 16.8 Å². The molecule has 9 nitrogen and oxygen atoms in total. The largest absolute Gasteiger partial charge is 0.481 e. The summed E-state index contributed by atoms with van der Waals surface area (Å²) in [6.07, 6.45) is 1.85. The number of carboxylic acid groups (broad SMARTS) is 1. The van der Waals surface area contributed by atoms with Crippen molar-refractivity contribution in [2.24, 2.45) is 5.92 Å². The van der Waals surface area contributed by atoms with Crippen molar-refractivity contribution in [1.29, 1.82) is 0 Å². The summed E-state index contributed by atoms with van der Waals surface area (Å²) in [6.45, 7) is 3.65. The highest BCUT2D eigenvalue weighted by Crippen LogP contribution is 2.32. The number of carboxylic acids is 1. The van der Waals surface area contributed by atoms with Crippen molar-refractivity contribution in [3.63, 3.8) is 0 Å². The van der Waals surface area contributed by atoms with Crippen molar-refractivity contribution in [3.8, 4) is 0 Å². The number of carbonyl (C=O) groups is 2. The number of nitrogens with one attached hydrogen (secondary N) is 2. The van der Waals surface area contributed by atoms with Gasteiger partial charge in [-0.3, -0.25) is 25.0 Å². The first kappa shape index (κ1) is 23.1. The maximum Gasteiger partial charge on any atom is 0.307 e. The highest BCUT2D eigenvalue weighted by molar-refractivity contribution is 7.80. The number of nitrogens with zero attached hydrogens (tertiary/aromatic N) is 2. The summed E-state index contributed by atoms with van der Waals surface area (Å²) < 4.78 is 0. The summed E-state index contributed by atoms with van der Waals surface area (Å²) in [7, 11) is 0. The SMILES string of the molecule is CC1CCN(c2ccc(C(=O)NC(=S)Nc3ccc(CC(=O)O)cc3)cc2[N+](=O)[O-])CC1. The molecule has 0 bridgehead atoms. The van der Waals surface area contributed by atoms with E-state index >= 15 is 0 Å². The molecule has 3 N–H and O–H groups in total. The zero-order valence-electron chi connectivity index (χ0n) is 17.5. The molecule has 0 aliphatic carbocycles. The fourth-order valence-electron chi connectivity index (χ4n) is 3.55. The molecule has 2 aromatic rings. The Morgan fingerprint density at radius 3 is 2.44 bits per heavy atom. The van der Waals surface area contributed by atoms with Crippen LogP contribution in [0.15, 0.2) is 42.5 Å². The Hall–Kier alpha value is -3.53. The Bertz CT molecular complexity index is 1030. The molecule has 1 saturated heterocycles. The maximum atomic E-state index is 12.6. The minimum Gasteiger partial charge on any atom is -0.481 e. The van der Waals surface area contributed by atoms with Crippen molar-refractivity contribution in [2.45, 2.75) is 26.2 Å². The van der Waals surface area contributed by atoms with Crippen LogP contribution < -0.4 is 15.5 Å². The third-order valence-electron chi connectivity index (χ3n) is 5.35. The number of carbonyl (C=O) groups excluding carboxylic acids is 1. The molecule has 32 heavy (non-hydrogen) atoms. The molecule has 1 aliphatic heterocycles. The summed E-state index contributed by atoms with van der Waals surface area (Å²) in [5.74, 6) is -0.896. The van der Waals surface area contributed by atoms with Crippen molar-refractivity contribution < 1.29 is 19.6 Å². The average Bonchev–Trinajstić information content (AvgIpc) is 2.75. The number of thiocarbonyl (C=S) groups is 1. The second-order valence-corrected chi connectivity index (χ2v) is 8.21. The highest BCUT2D eigenvalue weighted by atomic mass is 32.1. The molecule has 1 aliphatic rings. The van der Waals surface area contributed by atoms with Crippen molar-refractivity contribution in [1.82, 2.24) is 5.32 Å². The van der Waals surface area contributed by atoms with Gasteiger partial charge in [-0.25, -0.2) is 0 Å². The minimum atomic E-state index is -0.927. The lowest BCUT2D eigenvalue weighted by molar-refractivity contribution is -0.384. The van der Waals surface area contributed by atoms with E-state index in [4.69, 9.17) is 17.3 Å². The van der Waals surface area contributed by atoms with E-state index in [1.165, 1.54) is 6.07 Å². The lowest BCUT2D eigenvalue weighted by Gasteiger charge is -2.31. The third kappa shape index (κ3) is 6.01. The van der Waals surface area contributed by atoms with Crippen LogP contribution in [0.5, 0.6) is 0 Å². The van der Waals surface area contributed by atoms with Gasteiger partial charge in [-0.2, -0.15) is 0 Å². The molecule has 0 unspecified atom stereocenters. The van der Waals surface area contributed by atoms with Crippen LogP contribution in [0.2, 0.25) is 0 Å². The lowest BCUT2D eigenvalue weighted by atomic mass is 9.98. The van der Waals surface area contributed by atoms with Gasteiger partial charge in [-0.15, -0.1) is 0 Å². The van der Waals surface area contributed by atoms with Gasteiger partial charge in [0.25, 0.3) is 11.6 Å². The molecule has 0 saturated carbocycles. The van der Waals surface area contributed by atoms with Gasteiger partial charge >= 0.3 is 5.97 Å². The monoisotopic (exact) mass is 456 g/mol. The van der Waals surface area contributed by atoms with Gasteiger partial charge in [-0.05, 0) is 60.8 Å². The molecular formula is C22H24N4O5S. The van der Waals surface area contributed by atoms with E-state index in [0.717, 1.165) is 25.9 Å². The predicted molar refractivity (Wildman–Crippen MR) is 125 cm³/mol. The number of anilines is 2. The molecule has 0 radical (unpaired) electrons. The number of nitro groups is 1. The standard InChI is InChI=1S/C22H24N4O5S/c1-14-8-10-25(11-9-14)18-7-4-16(13-19(18)26(30)31)21(29)24-22(32)23-17-5-2-15(3-6-17)12-20(27)28/h2-7,13-14H,8-12H2,1H3,(H,27,28)(H2,23,24,29,32). The summed E-state index contributed by atoms with van der Waals surface area (Å²) in [6, 6.07) is 11.0. The minimum absolute atomic E-state index is 0.0257. The van der Waals surface area contributed by atoms with E-state index in [2.05, 4.69) is 17.6 Å². The highest BCUT2D eigenvalue weighted by Gasteiger charge is 2.25. The predicted octanol–water partition coefficient (Wildman–Crippen LogP) is 3.59. The number of hydrogen-bond acceptors (Lipinski definition) is 6. The number of nitro benzene ring substituents is 1. The molecule has 3 rings (SSSR count). The van der Waals surface area contributed by atoms with Crippen LogP contribution in [-0.4, -0.2) is 40.1 Å². The number of amides is 1. The molecule has 0 spiro atoms. The molecule has 1 amide bonds. The van der Waals surface area contributed by atoms with Gasteiger partial charge in [0.1, 0.15) is 5.69 Å². The summed E-state index contributed by atoms with van der Waals surface area (Å²) in [5, 5.41) is 25.8. The topological polar surface area (TPSA) is 125 Å². The Kier molecular flexibility index (Phi) is 7.37. The van der Waals surface area contributed by atoms with E-state index in [-0.39, 0.29) is 22.8 Å². The third-order valence-corrected chi connectivity index (χ3v) is 5.56. The number of aliphatic carboxylic acids is 1. The number of benzene rings is 2.